The predicted octanol–water partition coefficient (Wildman–Crippen LogP) is 2.94. The summed E-state index contributed by atoms with van der Waals surface area (Å²) in [5.74, 6) is 0.153. The van der Waals surface area contributed by atoms with Crippen LogP contribution in [0.1, 0.15) is 30.1 Å². The number of pyridine rings is 1. The molecule has 10 nitrogen and oxygen atoms in total. The molecule has 10 heteroatoms. The molecule has 1 N–H and O–H groups in total. The first kappa shape index (κ1) is 20.2. The van der Waals surface area contributed by atoms with Gasteiger partial charge in [0.1, 0.15) is 29.7 Å². The first-order chi connectivity index (χ1) is 16.2. The Hall–Kier alpha value is -4.75. The summed E-state index contributed by atoms with van der Waals surface area (Å²) in [4.78, 5) is 17.8. The molecule has 0 amide bonds. The van der Waals surface area contributed by atoms with Crippen LogP contribution in [0.4, 0.5) is 5.69 Å². The summed E-state index contributed by atoms with van der Waals surface area (Å²) in [5, 5.41) is 33.8. The van der Waals surface area contributed by atoms with Gasteiger partial charge in [0.15, 0.2) is 5.69 Å². The van der Waals surface area contributed by atoms with Crippen LogP contribution in [0, 0.1) is 39.9 Å². The number of anilines is 1. The quantitative estimate of drug-likeness (QED) is 0.504. The zero-order valence-electron chi connectivity index (χ0n) is 17.5. The minimum atomic E-state index is -0.125. The Bertz CT molecular complexity index is 1440. The number of aromatic amines is 1. The molecule has 0 aliphatic carbocycles. The number of H-pyrrole nitrogens is 1. The van der Waals surface area contributed by atoms with E-state index in [1.165, 1.54) is 6.33 Å². The maximum absolute atomic E-state index is 9.56. The van der Waals surface area contributed by atoms with Crippen molar-refractivity contribution in [2.24, 2.45) is 5.92 Å². The smallest absolute Gasteiger partial charge is 0.160 e. The fourth-order valence-corrected chi connectivity index (χ4v) is 4.54. The molecule has 0 radical (unpaired) electrons. The van der Waals surface area contributed by atoms with Crippen LogP contribution in [0.3, 0.4) is 0 Å². The topological polar surface area (TPSA) is 147 Å². The highest BCUT2D eigenvalue weighted by Crippen LogP contribution is 2.35. The Balaban J connectivity index is 1.43. The average molecular weight is 434 g/mol. The van der Waals surface area contributed by atoms with Gasteiger partial charge < -0.3 is 9.88 Å². The highest BCUT2D eigenvalue weighted by atomic mass is 15.3. The Morgan fingerprint density at radius 3 is 2.88 bits per heavy atom. The zero-order valence-corrected chi connectivity index (χ0v) is 17.5. The lowest BCUT2D eigenvalue weighted by atomic mass is 9.96. The van der Waals surface area contributed by atoms with Gasteiger partial charge in [-0.3, -0.25) is 4.68 Å². The second-order valence-corrected chi connectivity index (χ2v) is 7.87. The van der Waals surface area contributed by atoms with Gasteiger partial charge in [-0.25, -0.2) is 15.0 Å². The van der Waals surface area contributed by atoms with Crippen molar-refractivity contribution in [3.63, 3.8) is 0 Å². The SMILES string of the molecule is N#CC[C@@H](C1CCN(c2ccnc(C#N)c2C#N)C1)n1cc(-c2ncnc3[nH]ccc23)cn1. The molecule has 0 spiro atoms. The van der Waals surface area contributed by atoms with Crippen molar-refractivity contribution in [1.29, 1.82) is 15.8 Å². The predicted molar refractivity (Wildman–Crippen MR) is 118 cm³/mol. The van der Waals surface area contributed by atoms with E-state index < -0.39 is 0 Å². The van der Waals surface area contributed by atoms with E-state index in [1.807, 2.05) is 29.2 Å². The van der Waals surface area contributed by atoms with Crippen LogP contribution in [-0.2, 0) is 0 Å². The van der Waals surface area contributed by atoms with Gasteiger partial charge in [0.25, 0.3) is 0 Å². The van der Waals surface area contributed by atoms with Gasteiger partial charge in [-0.05, 0) is 18.6 Å². The number of hydrogen-bond acceptors (Lipinski definition) is 8. The van der Waals surface area contributed by atoms with Crippen molar-refractivity contribution < 1.29 is 0 Å². The molecule has 1 aliphatic heterocycles. The Kier molecular flexibility index (Phi) is 5.14. The molecule has 1 aliphatic rings. The van der Waals surface area contributed by atoms with E-state index in [9.17, 15) is 15.8 Å². The fraction of sp³-hybridized carbons (Fsp3) is 0.261. The molecule has 0 aromatic carbocycles. The first-order valence-corrected chi connectivity index (χ1v) is 10.5. The molecule has 0 saturated carbocycles. The molecule has 160 valence electrons. The summed E-state index contributed by atoms with van der Waals surface area (Å²) in [5.41, 5.74) is 3.53. The molecule has 2 atom stereocenters. The van der Waals surface area contributed by atoms with Crippen molar-refractivity contribution in [2.45, 2.75) is 18.9 Å². The minimum absolute atomic E-state index is 0.125. The molecule has 33 heavy (non-hydrogen) atoms. The van der Waals surface area contributed by atoms with Crippen molar-refractivity contribution in [3.8, 4) is 29.5 Å². The summed E-state index contributed by atoms with van der Waals surface area (Å²) in [6.45, 7) is 1.38. The van der Waals surface area contributed by atoms with Crippen LogP contribution in [0.25, 0.3) is 22.3 Å². The van der Waals surface area contributed by atoms with Gasteiger partial charge in [-0.1, -0.05) is 0 Å². The molecule has 4 aromatic rings. The third kappa shape index (κ3) is 3.52. The Morgan fingerprint density at radius 1 is 1.15 bits per heavy atom. The van der Waals surface area contributed by atoms with Gasteiger partial charge in [0.2, 0.25) is 0 Å². The normalized spacial score (nSPS) is 16.3. The summed E-state index contributed by atoms with van der Waals surface area (Å²) in [6.07, 6.45) is 9.75. The standard InChI is InChI=1S/C23H18N10/c24-5-1-20(15-4-8-32(12-15)21-3-7-27-19(10-26)18(21)9-25)33-13-16(11-31-33)22-17-2-6-28-23(17)30-14-29-22/h2-3,6-7,11,13-15,20H,1,4,8,12H2,(H,28,29,30)/t15?,20-/m0/s1. The third-order valence-corrected chi connectivity index (χ3v) is 6.13. The van der Waals surface area contributed by atoms with Crippen LogP contribution < -0.4 is 4.90 Å². The molecule has 5 heterocycles. The molecule has 1 unspecified atom stereocenters. The van der Waals surface area contributed by atoms with Crippen LogP contribution >= 0.6 is 0 Å². The monoisotopic (exact) mass is 434 g/mol. The van der Waals surface area contributed by atoms with E-state index in [0.717, 1.165) is 35.3 Å². The second kappa shape index (κ2) is 8.41. The first-order valence-electron chi connectivity index (χ1n) is 10.5. The third-order valence-electron chi connectivity index (χ3n) is 6.13. The largest absolute Gasteiger partial charge is 0.370 e. The molecule has 4 aromatic heterocycles. The van der Waals surface area contributed by atoms with E-state index >= 15 is 0 Å². The number of rotatable bonds is 5. The van der Waals surface area contributed by atoms with E-state index in [4.69, 9.17) is 0 Å². The number of aromatic nitrogens is 6. The van der Waals surface area contributed by atoms with E-state index in [1.54, 1.807) is 18.5 Å². The van der Waals surface area contributed by atoms with Gasteiger partial charge in [-0.2, -0.15) is 20.9 Å². The highest BCUT2D eigenvalue weighted by molar-refractivity contribution is 5.89. The lowest BCUT2D eigenvalue weighted by Gasteiger charge is -2.24. The van der Waals surface area contributed by atoms with Crippen molar-refractivity contribution in [2.75, 3.05) is 18.0 Å². The van der Waals surface area contributed by atoms with Crippen molar-refractivity contribution in [1.82, 2.24) is 29.7 Å². The van der Waals surface area contributed by atoms with Gasteiger partial charge in [0.05, 0.1) is 36.1 Å². The number of fused-ring (bicyclic) bond motifs is 1. The summed E-state index contributed by atoms with van der Waals surface area (Å²) in [7, 11) is 0. The number of nitrogens with one attached hydrogen (secondary N) is 1. The van der Waals surface area contributed by atoms with Gasteiger partial charge in [0, 0.05) is 48.5 Å². The molecule has 1 fully saturated rings. The highest BCUT2D eigenvalue weighted by Gasteiger charge is 2.33. The molecule has 0 bridgehead atoms. The van der Waals surface area contributed by atoms with E-state index in [-0.39, 0.29) is 23.2 Å². The molecular formula is C23H18N10. The Labute approximate surface area is 189 Å². The lowest BCUT2D eigenvalue weighted by Crippen LogP contribution is -2.25. The average Bonchev–Trinajstić information content (AvgIpc) is 3.62. The molecule has 5 rings (SSSR count). The molecule has 1 saturated heterocycles. The minimum Gasteiger partial charge on any atom is -0.370 e. The van der Waals surface area contributed by atoms with Gasteiger partial charge >= 0.3 is 0 Å². The zero-order chi connectivity index (χ0) is 22.8. The number of hydrogen-bond donors (Lipinski definition) is 1. The summed E-state index contributed by atoms with van der Waals surface area (Å²) < 4.78 is 1.85. The van der Waals surface area contributed by atoms with Crippen LogP contribution in [0.15, 0.2) is 43.2 Å². The van der Waals surface area contributed by atoms with E-state index in [0.29, 0.717) is 18.7 Å². The summed E-state index contributed by atoms with van der Waals surface area (Å²) in [6, 6.07) is 9.98. The van der Waals surface area contributed by atoms with Crippen LogP contribution in [-0.4, -0.2) is 42.8 Å². The summed E-state index contributed by atoms with van der Waals surface area (Å²) >= 11 is 0. The molecular weight excluding hydrogens is 416 g/mol. The maximum Gasteiger partial charge on any atom is 0.160 e. The second-order valence-electron chi connectivity index (χ2n) is 7.87. The van der Waals surface area contributed by atoms with Gasteiger partial charge in [-0.15, -0.1) is 0 Å². The number of nitrogens with zero attached hydrogens (tertiary/aromatic N) is 9. The van der Waals surface area contributed by atoms with Crippen LogP contribution in [0.2, 0.25) is 0 Å². The Morgan fingerprint density at radius 2 is 2.06 bits per heavy atom. The van der Waals surface area contributed by atoms with Crippen LogP contribution in [0.5, 0.6) is 0 Å². The van der Waals surface area contributed by atoms with Crippen molar-refractivity contribution in [3.05, 3.63) is 54.5 Å². The van der Waals surface area contributed by atoms with E-state index in [2.05, 4.69) is 42.1 Å². The fourth-order valence-electron chi connectivity index (χ4n) is 4.54. The maximum atomic E-state index is 9.56. The van der Waals surface area contributed by atoms with Crippen molar-refractivity contribution >= 4 is 16.7 Å². The number of nitriles is 3. The lowest BCUT2D eigenvalue weighted by molar-refractivity contribution is 0.332.